The number of hydrogen-bond acceptors (Lipinski definition) is 2. The Morgan fingerprint density at radius 3 is 2.33 bits per heavy atom. The molecule has 0 heterocycles. The van der Waals surface area contributed by atoms with Gasteiger partial charge in [0, 0.05) is 41.7 Å². The number of benzene rings is 2. The van der Waals surface area contributed by atoms with Gasteiger partial charge in [-0.05, 0) is 55.7 Å². The fourth-order valence-corrected chi connectivity index (χ4v) is 2.97. The molecular weight excluding hydrogens is 383 g/mol. The summed E-state index contributed by atoms with van der Waals surface area (Å²) in [4.78, 5) is 26.0. The Morgan fingerprint density at radius 1 is 1.07 bits per heavy atom. The summed E-state index contributed by atoms with van der Waals surface area (Å²) >= 11 is 12.0. The van der Waals surface area contributed by atoms with Crippen LogP contribution < -0.4 is 5.32 Å². The van der Waals surface area contributed by atoms with Crippen LogP contribution in [0.2, 0.25) is 10.0 Å². The van der Waals surface area contributed by atoms with Crippen molar-refractivity contribution in [1.29, 1.82) is 0 Å². The van der Waals surface area contributed by atoms with Gasteiger partial charge in [-0.25, -0.2) is 0 Å². The van der Waals surface area contributed by atoms with Gasteiger partial charge < -0.3 is 10.2 Å². The van der Waals surface area contributed by atoms with E-state index in [4.69, 9.17) is 23.2 Å². The molecule has 2 aromatic rings. The quantitative estimate of drug-likeness (QED) is 0.722. The Balaban J connectivity index is 1.83. The highest BCUT2D eigenvalue weighted by Crippen LogP contribution is 2.22. The van der Waals surface area contributed by atoms with Crippen molar-refractivity contribution in [2.75, 3.05) is 7.05 Å². The lowest BCUT2D eigenvalue weighted by Gasteiger charge is -2.21. The standard InChI is InChI=1S/C21H24Cl2N2O2/c1-14(2)25(3)21(27)17-6-4-15(5-7-17)13-24-20(26)11-9-16-8-10-18(22)12-19(16)23/h4-8,10,12,14H,9,11,13H2,1-3H3,(H,24,26). The van der Waals surface area contributed by atoms with E-state index in [1.165, 1.54) is 0 Å². The molecule has 0 spiro atoms. The van der Waals surface area contributed by atoms with Crippen LogP contribution in [-0.2, 0) is 17.8 Å². The molecule has 0 atom stereocenters. The Hall–Kier alpha value is -2.04. The highest BCUT2D eigenvalue weighted by molar-refractivity contribution is 6.35. The first kappa shape index (κ1) is 21.3. The monoisotopic (exact) mass is 406 g/mol. The molecule has 144 valence electrons. The predicted molar refractivity (Wildman–Crippen MR) is 110 cm³/mol. The predicted octanol–water partition coefficient (Wildman–Crippen LogP) is 4.72. The van der Waals surface area contributed by atoms with Gasteiger partial charge in [0.15, 0.2) is 0 Å². The second-order valence-corrected chi connectivity index (χ2v) is 7.56. The maximum absolute atomic E-state index is 12.3. The number of halogens is 2. The average molecular weight is 407 g/mol. The zero-order valence-corrected chi connectivity index (χ0v) is 17.3. The van der Waals surface area contributed by atoms with Gasteiger partial charge in [0.1, 0.15) is 0 Å². The Kier molecular flexibility index (Phi) is 7.69. The molecule has 0 bridgehead atoms. The van der Waals surface area contributed by atoms with Gasteiger partial charge in [0.25, 0.3) is 5.91 Å². The van der Waals surface area contributed by atoms with Crippen LogP contribution in [0.5, 0.6) is 0 Å². The Bertz CT molecular complexity index is 804. The third-order valence-electron chi connectivity index (χ3n) is 4.42. The first-order chi connectivity index (χ1) is 12.8. The summed E-state index contributed by atoms with van der Waals surface area (Å²) in [5.41, 5.74) is 2.48. The van der Waals surface area contributed by atoms with E-state index in [-0.39, 0.29) is 17.9 Å². The van der Waals surface area contributed by atoms with Crippen molar-refractivity contribution in [3.05, 3.63) is 69.2 Å². The van der Waals surface area contributed by atoms with E-state index in [9.17, 15) is 9.59 Å². The average Bonchev–Trinajstić information content (AvgIpc) is 2.64. The summed E-state index contributed by atoms with van der Waals surface area (Å²) in [6.45, 7) is 4.36. The van der Waals surface area contributed by atoms with Gasteiger partial charge in [-0.3, -0.25) is 9.59 Å². The van der Waals surface area contributed by atoms with Crippen molar-refractivity contribution >= 4 is 35.0 Å². The number of nitrogens with zero attached hydrogens (tertiary/aromatic N) is 1. The van der Waals surface area contributed by atoms with E-state index in [2.05, 4.69) is 5.32 Å². The largest absolute Gasteiger partial charge is 0.352 e. The van der Waals surface area contributed by atoms with Crippen LogP contribution in [0.1, 0.15) is 41.8 Å². The van der Waals surface area contributed by atoms with E-state index in [1.54, 1.807) is 36.2 Å². The minimum Gasteiger partial charge on any atom is -0.352 e. The third-order valence-corrected chi connectivity index (χ3v) is 5.01. The number of carbonyl (C=O) groups is 2. The maximum atomic E-state index is 12.3. The van der Waals surface area contributed by atoms with Crippen LogP contribution in [0, 0.1) is 0 Å². The summed E-state index contributed by atoms with van der Waals surface area (Å²) in [7, 11) is 1.79. The molecule has 2 rings (SSSR count). The van der Waals surface area contributed by atoms with Gasteiger partial charge in [-0.1, -0.05) is 41.4 Å². The zero-order chi connectivity index (χ0) is 20.0. The molecule has 6 heteroatoms. The van der Waals surface area contributed by atoms with Gasteiger partial charge in [-0.2, -0.15) is 0 Å². The van der Waals surface area contributed by atoms with Crippen molar-refractivity contribution in [3.8, 4) is 0 Å². The summed E-state index contributed by atoms with van der Waals surface area (Å²) < 4.78 is 0. The normalized spacial score (nSPS) is 10.7. The number of nitrogens with one attached hydrogen (secondary N) is 1. The molecule has 2 aromatic carbocycles. The number of amides is 2. The first-order valence-corrected chi connectivity index (χ1v) is 9.60. The lowest BCUT2D eigenvalue weighted by molar-refractivity contribution is -0.121. The lowest BCUT2D eigenvalue weighted by atomic mass is 10.1. The molecule has 0 unspecified atom stereocenters. The first-order valence-electron chi connectivity index (χ1n) is 8.84. The molecule has 0 saturated heterocycles. The summed E-state index contributed by atoms with van der Waals surface area (Å²) in [5.74, 6) is -0.0684. The van der Waals surface area contributed by atoms with E-state index in [0.717, 1.165) is 11.1 Å². The van der Waals surface area contributed by atoms with Crippen LogP contribution in [-0.4, -0.2) is 29.8 Å². The van der Waals surface area contributed by atoms with Crippen LogP contribution in [0.25, 0.3) is 0 Å². The Labute approximate surface area is 170 Å². The molecule has 0 aromatic heterocycles. The number of rotatable bonds is 7. The SMILES string of the molecule is CC(C)N(C)C(=O)c1ccc(CNC(=O)CCc2ccc(Cl)cc2Cl)cc1. The molecule has 0 saturated carbocycles. The number of hydrogen-bond donors (Lipinski definition) is 1. The number of carbonyl (C=O) groups excluding carboxylic acids is 2. The van der Waals surface area contributed by atoms with Crippen LogP contribution in [0.4, 0.5) is 0 Å². The molecule has 0 aliphatic rings. The van der Waals surface area contributed by atoms with E-state index in [0.29, 0.717) is 35.0 Å². The van der Waals surface area contributed by atoms with E-state index in [1.807, 2.05) is 32.0 Å². The van der Waals surface area contributed by atoms with E-state index < -0.39 is 0 Å². The van der Waals surface area contributed by atoms with Crippen molar-refractivity contribution < 1.29 is 9.59 Å². The van der Waals surface area contributed by atoms with Gasteiger partial charge >= 0.3 is 0 Å². The molecule has 0 fully saturated rings. The molecule has 0 aliphatic carbocycles. The minimum absolute atomic E-state index is 0.0135. The second kappa shape index (κ2) is 9.77. The summed E-state index contributed by atoms with van der Waals surface area (Å²) in [5, 5.41) is 4.04. The van der Waals surface area contributed by atoms with Crippen molar-refractivity contribution in [2.24, 2.45) is 0 Å². The van der Waals surface area contributed by atoms with Crippen molar-refractivity contribution in [1.82, 2.24) is 10.2 Å². The molecule has 1 N–H and O–H groups in total. The molecule has 2 amide bonds. The smallest absolute Gasteiger partial charge is 0.253 e. The molecule has 0 radical (unpaired) electrons. The third kappa shape index (κ3) is 6.26. The Morgan fingerprint density at radius 2 is 1.74 bits per heavy atom. The van der Waals surface area contributed by atoms with Crippen LogP contribution >= 0.6 is 23.2 Å². The topological polar surface area (TPSA) is 49.4 Å². The van der Waals surface area contributed by atoms with Crippen molar-refractivity contribution in [3.63, 3.8) is 0 Å². The highest BCUT2D eigenvalue weighted by Gasteiger charge is 2.14. The van der Waals surface area contributed by atoms with Gasteiger partial charge in [0.05, 0.1) is 0 Å². The molecule has 0 aliphatic heterocycles. The summed E-state index contributed by atoms with van der Waals surface area (Å²) in [6.07, 6.45) is 0.897. The zero-order valence-electron chi connectivity index (χ0n) is 15.8. The van der Waals surface area contributed by atoms with Crippen LogP contribution in [0.3, 0.4) is 0 Å². The maximum Gasteiger partial charge on any atom is 0.253 e. The van der Waals surface area contributed by atoms with Crippen molar-refractivity contribution in [2.45, 2.75) is 39.3 Å². The second-order valence-electron chi connectivity index (χ2n) is 6.72. The molecular formula is C21H24Cl2N2O2. The van der Waals surface area contributed by atoms with E-state index >= 15 is 0 Å². The fraction of sp³-hybridized carbons (Fsp3) is 0.333. The highest BCUT2D eigenvalue weighted by atomic mass is 35.5. The number of aryl methyl sites for hydroxylation is 1. The lowest BCUT2D eigenvalue weighted by Crippen LogP contribution is -2.32. The summed E-state index contributed by atoms with van der Waals surface area (Å²) in [6, 6.07) is 12.7. The van der Waals surface area contributed by atoms with Crippen LogP contribution in [0.15, 0.2) is 42.5 Å². The molecule has 27 heavy (non-hydrogen) atoms. The van der Waals surface area contributed by atoms with Gasteiger partial charge in [-0.15, -0.1) is 0 Å². The van der Waals surface area contributed by atoms with Gasteiger partial charge in [0.2, 0.25) is 5.91 Å². The molecule has 4 nitrogen and oxygen atoms in total. The minimum atomic E-state index is -0.0549. The fourth-order valence-electron chi connectivity index (χ4n) is 2.46.